The molecule has 2 aliphatic rings. The lowest BCUT2D eigenvalue weighted by molar-refractivity contribution is -0.127. The molecule has 1 saturated heterocycles. The summed E-state index contributed by atoms with van der Waals surface area (Å²) in [6.07, 6.45) is 7.74. The van der Waals surface area contributed by atoms with Gasteiger partial charge in [0.25, 0.3) is 0 Å². The lowest BCUT2D eigenvalue weighted by Crippen LogP contribution is -2.45. The quantitative estimate of drug-likeness (QED) is 0.785. The Balaban J connectivity index is 1.71. The molecule has 0 radical (unpaired) electrons. The summed E-state index contributed by atoms with van der Waals surface area (Å²) in [6.45, 7) is 6.15. The molecule has 2 unspecified atom stereocenters. The predicted molar refractivity (Wildman–Crippen MR) is 80.6 cm³/mol. The van der Waals surface area contributed by atoms with E-state index in [0.29, 0.717) is 12.1 Å². The summed E-state index contributed by atoms with van der Waals surface area (Å²) in [5.74, 6) is 0.301. The highest BCUT2D eigenvalue weighted by Gasteiger charge is 2.34. The number of rotatable bonds is 6. The van der Waals surface area contributed by atoms with Crippen molar-refractivity contribution in [2.45, 2.75) is 77.0 Å². The largest absolute Gasteiger partial charge is 0.377 e. The van der Waals surface area contributed by atoms with Crippen LogP contribution in [0.2, 0.25) is 0 Å². The van der Waals surface area contributed by atoms with Gasteiger partial charge in [0.1, 0.15) is 0 Å². The number of hydrogen-bond acceptors (Lipinski definition) is 3. The maximum atomic E-state index is 12.3. The smallest absolute Gasteiger partial charge is 0.226 e. The molecule has 0 spiro atoms. The number of carbonyl (C=O) groups is 1. The van der Waals surface area contributed by atoms with Gasteiger partial charge in [-0.1, -0.05) is 13.8 Å². The molecule has 116 valence electrons. The van der Waals surface area contributed by atoms with Crippen molar-refractivity contribution in [3.63, 3.8) is 0 Å². The van der Waals surface area contributed by atoms with Crippen molar-refractivity contribution in [2.24, 2.45) is 5.92 Å². The van der Waals surface area contributed by atoms with Crippen LogP contribution in [0.1, 0.15) is 58.8 Å². The number of nitrogens with one attached hydrogen (secondary N) is 2. The van der Waals surface area contributed by atoms with Crippen molar-refractivity contribution < 1.29 is 9.53 Å². The zero-order valence-electron chi connectivity index (χ0n) is 13.0. The van der Waals surface area contributed by atoms with Crippen molar-refractivity contribution in [1.82, 2.24) is 10.6 Å². The van der Waals surface area contributed by atoms with Crippen LogP contribution in [-0.2, 0) is 9.53 Å². The lowest BCUT2D eigenvalue weighted by atomic mass is 9.90. The van der Waals surface area contributed by atoms with E-state index in [1.807, 2.05) is 0 Å². The van der Waals surface area contributed by atoms with Gasteiger partial charge in [0, 0.05) is 18.7 Å². The molecule has 0 aromatic carbocycles. The van der Waals surface area contributed by atoms with E-state index in [0.717, 1.165) is 38.8 Å². The Bertz CT molecular complexity index is 301. The van der Waals surface area contributed by atoms with E-state index in [9.17, 15) is 4.79 Å². The zero-order valence-corrected chi connectivity index (χ0v) is 13.0. The molecule has 2 fully saturated rings. The Kier molecular flexibility index (Phi) is 6.30. The summed E-state index contributed by atoms with van der Waals surface area (Å²) >= 11 is 0. The van der Waals surface area contributed by atoms with Gasteiger partial charge in [-0.15, -0.1) is 0 Å². The van der Waals surface area contributed by atoms with E-state index in [2.05, 4.69) is 24.5 Å². The van der Waals surface area contributed by atoms with Crippen LogP contribution in [0.15, 0.2) is 0 Å². The van der Waals surface area contributed by atoms with Crippen LogP contribution in [0.4, 0.5) is 0 Å². The second-order valence-corrected chi connectivity index (χ2v) is 6.22. The van der Waals surface area contributed by atoms with Crippen LogP contribution < -0.4 is 10.6 Å². The predicted octanol–water partition coefficient (Wildman–Crippen LogP) is 2.23. The molecular formula is C16H30N2O2. The minimum absolute atomic E-state index is 0.0796. The highest BCUT2D eigenvalue weighted by molar-refractivity contribution is 5.79. The number of carbonyl (C=O) groups excluding carboxylic acids is 1. The maximum Gasteiger partial charge on any atom is 0.226 e. The Hall–Kier alpha value is -0.610. The first-order valence-electron chi connectivity index (χ1n) is 8.40. The van der Waals surface area contributed by atoms with Crippen molar-refractivity contribution in [3.05, 3.63) is 0 Å². The highest BCUT2D eigenvalue weighted by atomic mass is 16.5. The Labute approximate surface area is 123 Å². The third-order valence-electron chi connectivity index (χ3n) is 4.71. The fraction of sp³-hybridized carbons (Fsp3) is 0.938. The molecule has 1 saturated carbocycles. The van der Waals surface area contributed by atoms with Crippen molar-refractivity contribution in [3.8, 4) is 0 Å². The van der Waals surface area contributed by atoms with E-state index >= 15 is 0 Å². The molecule has 1 aliphatic heterocycles. The molecule has 0 bridgehead atoms. The van der Waals surface area contributed by atoms with Gasteiger partial charge in [-0.3, -0.25) is 4.79 Å². The van der Waals surface area contributed by atoms with Gasteiger partial charge in [-0.05, 0) is 51.5 Å². The van der Waals surface area contributed by atoms with Crippen molar-refractivity contribution in [1.29, 1.82) is 0 Å². The second-order valence-electron chi connectivity index (χ2n) is 6.22. The zero-order chi connectivity index (χ0) is 14.4. The van der Waals surface area contributed by atoms with Crippen LogP contribution in [0.3, 0.4) is 0 Å². The topological polar surface area (TPSA) is 50.4 Å². The molecule has 20 heavy (non-hydrogen) atoms. The molecule has 0 aromatic rings. The van der Waals surface area contributed by atoms with E-state index in [1.54, 1.807) is 0 Å². The number of hydrogen-bond donors (Lipinski definition) is 2. The molecule has 0 aromatic heterocycles. The van der Waals surface area contributed by atoms with Gasteiger partial charge in [0.05, 0.1) is 12.0 Å². The van der Waals surface area contributed by atoms with Gasteiger partial charge in [0.2, 0.25) is 5.91 Å². The first-order chi connectivity index (χ1) is 9.74. The Morgan fingerprint density at radius 2 is 1.80 bits per heavy atom. The molecule has 4 heteroatoms. The molecule has 2 atom stereocenters. The lowest BCUT2D eigenvalue weighted by Gasteiger charge is -2.30. The van der Waals surface area contributed by atoms with Crippen LogP contribution in [0.5, 0.6) is 0 Å². The van der Waals surface area contributed by atoms with E-state index in [1.165, 1.54) is 19.3 Å². The normalized spacial score (nSPS) is 34.1. The Morgan fingerprint density at radius 1 is 1.10 bits per heavy atom. The molecule has 2 N–H and O–H groups in total. The maximum absolute atomic E-state index is 12.3. The third kappa shape index (κ3) is 4.19. The SMILES string of the molecule is CCCNC1CCC(NC(=O)C2CCOC2CC)CC1. The van der Waals surface area contributed by atoms with Crippen LogP contribution >= 0.6 is 0 Å². The van der Waals surface area contributed by atoms with Gasteiger partial charge in [0.15, 0.2) is 0 Å². The van der Waals surface area contributed by atoms with Crippen LogP contribution in [0, 0.1) is 5.92 Å². The van der Waals surface area contributed by atoms with Gasteiger partial charge in [-0.25, -0.2) is 0 Å². The molecule has 1 heterocycles. The number of ether oxygens (including phenoxy) is 1. The van der Waals surface area contributed by atoms with E-state index < -0.39 is 0 Å². The second kappa shape index (κ2) is 7.99. The fourth-order valence-electron chi connectivity index (χ4n) is 3.45. The summed E-state index contributed by atoms with van der Waals surface area (Å²) < 4.78 is 5.62. The van der Waals surface area contributed by atoms with Crippen molar-refractivity contribution in [2.75, 3.05) is 13.2 Å². The Morgan fingerprint density at radius 3 is 2.45 bits per heavy atom. The minimum atomic E-state index is 0.0796. The average molecular weight is 282 g/mol. The molecule has 2 rings (SSSR count). The van der Waals surface area contributed by atoms with Gasteiger partial charge >= 0.3 is 0 Å². The van der Waals surface area contributed by atoms with Crippen LogP contribution in [-0.4, -0.2) is 37.2 Å². The summed E-state index contributed by atoms with van der Waals surface area (Å²) in [6, 6.07) is 1.03. The monoisotopic (exact) mass is 282 g/mol. The van der Waals surface area contributed by atoms with Crippen molar-refractivity contribution >= 4 is 5.91 Å². The first kappa shape index (κ1) is 15.8. The van der Waals surface area contributed by atoms with E-state index in [-0.39, 0.29) is 17.9 Å². The summed E-state index contributed by atoms with van der Waals surface area (Å²) in [5, 5.41) is 6.84. The standard InChI is InChI=1S/C16H30N2O2/c1-3-10-17-12-5-7-13(8-6-12)18-16(19)14-9-11-20-15(14)4-2/h12-15,17H,3-11H2,1-2H3,(H,18,19). The minimum Gasteiger partial charge on any atom is -0.377 e. The first-order valence-corrected chi connectivity index (χ1v) is 8.40. The molecule has 4 nitrogen and oxygen atoms in total. The van der Waals surface area contributed by atoms with E-state index in [4.69, 9.17) is 4.74 Å². The van der Waals surface area contributed by atoms with Gasteiger partial charge < -0.3 is 15.4 Å². The van der Waals surface area contributed by atoms with Gasteiger partial charge in [-0.2, -0.15) is 0 Å². The molecule has 1 amide bonds. The average Bonchev–Trinajstić information content (AvgIpc) is 2.95. The molecular weight excluding hydrogens is 252 g/mol. The highest BCUT2D eigenvalue weighted by Crippen LogP contribution is 2.25. The fourth-order valence-corrected chi connectivity index (χ4v) is 3.45. The van der Waals surface area contributed by atoms with Crippen LogP contribution in [0.25, 0.3) is 0 Å². The number of amides is 1. The summed E-state index contributed by atoms with van der Waals surface area (Å²) in [7, 11) is 0. The summed E-state index contributed by atoms with van der Waals surface area (Å²) in [4.78, 5) is 12.3. The third-order valence-corrected chi connectivity index (χ3v) is 4.71. The molecule has 1 aliphatic carbocycles. The summed E-state index contributed by atoms with van der Waals surface area (Å²) in [5.41, 5.74) is 0.